The van der Waals surface area contributed by atoms with Crippen molar-refractivity contribution < 1.29 is 4.79 Å². The van der Waals surface area contributed by atoms with Crippen molar-refractivity contribution in [1.29, 1.82) is 0 Å². The molecule has 0 spiro atoms. The van der Waals surface area contributed by atoms with Crippen LogP contribution in [-0.2, 0) is 5.54 Å². The van der Waals surface area contributed by atoms with E-state index in [1.54, 1.807) is 6.20 Å². The van der Waals surface area contributed by atoms with Crippen molar-refractivity contribution in [2.24, 2.45) is 0 Å². The molecule has 0 radical (unpaired) electrons. The Hall–Kier alpha value is -2.10. The van der Waals surface area contributed by atoms with Crippen molar-refractivity contribution in [3.8, 4) is 0 Å². The van der Waals surface area contributed by atoms with Crippen molar-refractivity contribution in [2.75, 3.05) is 0 Å². The maximum absolute atomic E-state index is 12.3. The summed E-state index contributed by atoms with van der Waals surface area (Å²) in [4.78, 5) is 16.6. The Labute approximate surface area is 126 Å². The first-order valence-electron chi connectivity index (χ1n) is 7.19. The molecular formula is C17H23N3O. The topological polar surface area (TPSA) is 46.9 Å². The van der Waals surface area contributed by atoms with E-state index in [0.29, 0.717) is 5.56 Å². The van der Waals surface area contributed by atoms with E-state index in [1.807, 2.05) is 49.0 Å². The van der Waals surface area contributed by atoms with Crippen LogP contribution >= 0.6 is 0 Å². The van der Waals surface area contributed by atoms with Crippen LogP contribution in [0.1, 0.15) is 55.4 Å². The summed E-state index contributed by atoms with van der Waals surface area (Å²) in [5.41, 5.74) is 2.63. The molecule has 2 heterocycles. The number of hydrogen-bond acceptors (Lipinski definition) is 2. The number of nitrogens with one attached hydrogen (secondary N) is 1. The highest BCUT2D eigenvalue weighted by Gasteiger charge is 2.16. The molecule has 0 aliphatic rings. The van der Waals surface area contributed by atoms with Crippen LogP contribution in [0.15, 0.2) is 36.8 Å². The van der Waals surface area contributed by atoms with E-state index in [0.717, 1.165) is 11.3 Å². The zero-order chi connectivity index (χ0) is 15.6. The zero-order valence-corrected chi connectivity index (χ0v) is 13.3. The van der Waals surface area contributed by atoms with Gasteiger partial charge in [-0.15, -0.1) is 0 Å². The summed E-state index contributed by atoms with van der Waals surface area (Å²) in [5, 5.41) is 3.00. The number of aryl methyl sites for hydroxylation is 1. The number of carbonyl (C=O) groups is 1. The number of hydrogen-bond donors (Lipinski definition) is 1. The Balaban J connectivity index is 2.07. The van der Waals surface area contributed by atoms with E-state index in [2.05, 4.69) is 31.1 Å². The van der Waals surface area contributed by atoms with Gasteiger partial charge in [-0.2, -0.15) is 0 Å². The molecule has 1 amide bonds. The van der Waals surface area contributed by atoms with Crippen molar-refractivity contribution in [2.45, 2.75) is 46.2 Å². The van der Waals surface area contributed by atoms with Gasteiger partial charge < -0.3 is 9.88 Å². The molecule has 0 saturated carbocycles. The van der Waals surface area contributed by atoms with Gasteiger partial charge in [-0.05, 0) is 52.3 Å². The Bertz CT molecular complexity index is 620. The average Bonchev–Trinajstić information content (AvgIpc) is 2.88. The van der Waals surface area contributed by atoms with Gasteiger partial charge in [-0.3, -0.25) is 9.78 Å². The predicted octanol–water partition coefficient (Wildman–Crippen LogP) is 3.44. The lowest BCUT2D eigenvalue weighted by molar-refractivity contribution is 0.0939. The molecule has 0 saturated heterocycles. The summed E-state index contributed by atoms with van der Waals surface area (Å²) in [6.45, 7) is 10.2. The second-order valence-corrected chi connectivity index (χ2v) is 6.41. The molecule has 2 aromatic rings. The van der Waals surface area contributed by atoms with Crippen molar-refractivity contribution in [3.05, 3.63) is 53.6 Å². The summed E-state index contributed by atoms with van der Waals surface area (Å²) in [7, 11) is 0. The fourth-order valence-electron chi connectivity index (χ4n) is 2.05. The van der Waals surface area contributed by atoms with Gasteiger partial charge in [0.2, 0.25) is 0 Å². The molecule has 0 unspecified atom stereocenters. The molecule has 1 atom stereocenters. The second kappa shape index (κ2) is 5.72. The third-order valence-corrected chi connectivity index (χ3v) is 3.51. The molecule has 0 fully saturated rings. The normalized spacial score (nSPS) is 13.0. The first kappa shape index (κ1) is 15.3. The highest BCUT2D eigenvalue weighted by Crippen LogP contribution is 2.17. The van der Waals surface area contributed by atoms with Gasteiger partial charge in [-0.25, -0.2) is 0 Å². The quantitative estimate of drug-likeness (QED) is 0.939. The molecular weight excluding hydrogens is 262 g/mol. The van der Waals surface area contributed by atoms with E-state index in [4.69, 9.17) is 0 Å². The van der Waals surface area contributed by atoms with Crippen LogP contribution in [0, 0.1) is 6.92 Å². The standard InChI is InChI=1S/C17H23N3O/c1-12-6-7-14(10-18-12)13(2)19-16(21)15-8-9-20(11-15)17(3,4)5/h6-11,13H,1-5H3,(H,19,21)/t13-/m0/s1. The molecule has 1 N–H and O–H groups in total. The summed E-state index contributed by atoms with van der Waals surface area (Å²) in [5.74, 6) is -0.0638. The number of aromatic nitrogens is 2. The van der Waals surface area contributed by atoms with Crippen LogP contribution in [0.2, 0.25) is 0 Å². The third-order valence-electron chi connectivity index (χ3n) is 3.51. The second-order valence-electron chi connectivity index (χ2n) is 6.41. The average molecular weight is 285 g/mol. The summed E-state index contributed by atoms with van der Waals surface area (Å²) in [6, 6.07) is 5.73. The minimum absolute atomic E-state index is 0.0228. The van der Waals surface area contributed by atoms with Crippen LogP contribution in [0.25, 0.3) is 0 Å². The minimum atomic E-state index is -0.0661. The molecule has 21 heavy (non-hydrogen) atoms. The number of rotatable bonds is 3. The van der Waals surface area contributed by atoms with E-state index < -0.39 is 0 Å². The summed E-state index contributed by atoms with van der Waals surface area (Å²) >= 11 is 0. The number of pyridine rings is 1. The smallest absolute Gasteiger partial charge is 0.253 e. The first-order chi connectivity index (χ1) is 9.77. The number of amides is 1. The lowest BCUT2D eigenvalue weighted by Crippen LogP contribution is -2.26. The lowest BCUT2D eigenvalue weighted by atomic mass is 10.1. The Kier molecular flexibility index (Phi) is 4.16. The molecule has 0 aliphatic heterocycles. The Morgan fingerprint density at radius 3 is 2.52 bits per heavy atom. The van der Waals surface area contributed by atoms with Crippen molar-refractivity contribution in [1.82, 2.24) is 14.9 Å². The monoisotopic (exact) mass is 285 g/mol. The van der Waals surface area contributed by atoms with Gasteiger partial charge in [0, 0.05) is 29.8 Å². The van der Waals surface area contributed by atoms with Gasteiger partial charge >= 0.3 is 0 Å². The van der Waals surface area contributed by atoms with Crippen molar-refractivity contribution >= 4 is 5.91 Å². The van der Waals surface area contributed by atoms with E-state index in [9.17, 15) is 4.79 Å². The highest BCUT2D eigenvalue weighted by atomic mass is 16.1. The SMILES string of the molecule is Cc1ccc([C@H](C)NC(=O)c2ccn(C(C)(C)C)c2)cn1. The molecule has 4 nitrogen and oxygen atoms in total. The van der Waals surface area contributed by atoms with Gasteiger partial charge in [0.05, 0.1) is 11.6 Å². The third kappa shape index (κ3) is 3.72. The van der Waals surface area contributed by atoms with Crippen molar-refractivity contribution in [3.63, 3.8) is 0 Å². The maximum atomic E-state index is 12.3. The fraction of sp³-hybridized carbons (Fsp3) is 0.412. The van der Waals surface area contributed by atoms with Crippen LogP contribution < -0.4 is 5.32 Å². The molecule has 4 heteroatoms. The number of carbonyl (C=O) groups excluding carboxylic acids is 1. The molecule has 112 valence electrons. The van der Waals surface area contributed by atoms with E-state index >= 15 is 0 Å². The largest absolute Gasteiger partial charge is 0.348 e. The first-order valence-corrected chi connectivity index (χ1v) is 7.19. The molecule has 2 aromatic heterocycles. The lowest BCUT2D eigenvalue weighted by Gasteiger charge is -2.20. The number of nitrogens with zero attached hydrogens (tertiary/aromatic N) is 2. The minimum Gasteiger partial charge on any atom is -0.348 e. The van der Waals surface area contributed by atoms with Gasteiger partial charge in [0.15, 0.2) is 0 Å². The molecule has 0 aromatic carbocycles. The predicted molar refractivity (Wildman–Crippen MR) is 84.3 cm³/mol. The summed E-state index contributed by atoms with van der Waals surface area (Å²) in [6.07, 6.45) is 5.63. The highest BCUT2D eigenvalue weighted by molar-refractivity contribution is 5.94. The summed E-state index contributed by atoms with van der Waals surface area (Å²) < 4.78 is 2.04. The van der Waals surface area contributed by atoms with Crippen LogP contribution in [0.5, 0.6) is 0 Å². The van der Waals surface area contributed by atoms with E-state index in [-0.39, 0.29) is 17.5 Å². The zero-order valence-electron chi connectivity index (χ0n) is 13.3. The molecule has 2 rings (SSSR count). The molecule has 0 aliphatic carbocycles. The van der Waals surface area contributed by atoms with Crippen LogP contribution in [0.4, 0.5) is 0 Å². The van der Waals surface area contributed by atoms with Gasteiger partial charge in [-0.1, -0.05) is 6.07 Å². The maximum Gasteiger partial charge on any atom is 0.253 e. The Morgan fingerprint density at radius 1 is 1.29 bits per heavy atom. The van der Waals surface area contributed by atoms with Gasteiger partial charge in [0.25, 0.3) is 5.91 Å². The fourth-order valence-corrected chi connectivity index (χ4v) is 2.05. The van der Waals surface area contributed by atoms with Crippen LogP contribution in [0.3, 0.4) is 0 Å². The Morgan fingerprint density at radius 2 is 2.00 bits per heavy atom. The van der Waals surface area contributed by atoms with Gasteiger partial charge in [0.1, 0.15) is 0 Å². The molecule has 0 bridgehead atoms. The van der Waals surface area contributed by atoms with Crippen LogP contribution in [-0.4, -0.2) is 15.5 Å². The van der Waals surface area contributed by atoms with E-state index in [1.165, 1.54) is 0 Å².